The molecule has 1 fully saturated rings. The fourth-order valence-electron chi connectivity index (χ4n) is 1.62. The average Bonchev–Trinajstić information content (AvgIpc) is 2.31. The third-order valence-electron chi connectivity index (χ3n) is 2.87. The lowest BCUT2D eigenvalue weighted by atomic mass is 9.96. The molecule has 18 heavy (non-hydrogen) atoms. The monoisotopic (exact) mass is 249 g/mol. The van der Waals surface area contributed by atoms with Gasteiger partial charge in [0.1, 0.15) is 12.3 Å². The van der Waals surface area contributed by atoms with E-state index >= 15 is 0 Å². The molecule has 1 saturated carbocycles. The minimum absolute atomic E-state index is 0.302. The van der Waals surface area contributed by atoms with Gasteiger partial charge in [-0.25, -0.2) is 0 Å². The second-order valence-corrected chi connectivity index (χ2v) is 4.27. The molecule has 0 bridgehead atoms. The fraction of sp³-hybridized carbons (Fsp3) is 0.385. The number of benzene rings is 1. The van der Waals surface area contributed by atoms with E-state index in [2.05, 4.69) is 5.32 Å². The highest BCUT2D eigenvalue weighted by Crippen LogP contribution is 2.25. The third kappa shape index (κ3) is 3.23. The predicted octanol–water partition coefficient (Wildman–Crippen LogP) is 1.43. The maximum atomic E-state index is 11.5. The summed E-state index contributed by atoms with van der Waals surface area (Å²) in [5.41, 5.74) is 0.428. The average molecular weight is 249 g/mol. The van der Waals surface area contributed by atoms with Crippen molar-refractivity contribution in [1.82, 2.24) is 5.32 Å². The smallest absolute Gasteiger partial charge is 0.322 e. The first kappa shape index (κ1) is 12.4. The van der Waals surface area contributed by atoms with Gasteiger partial charge in [-0.1, -0.05) is 0 Å². The fourth-order valence-corrected chi connectivity index (χ4v) is 1.62. The molecule has 1 aliphatic carbocycles. The first-order chi connectivity index (χ1) is 8.65. The molecule has 0 atom stereocenters. The van der Waals surface area contributed by atoms with Gasteiger partial charge >= 0.3 is 5.97 Å². The number of carboxylic acids is 1. The van der Waals surface area contributed by atoms with Crippen LogP contribution < -0.4 is 10.1 Å². The maximum Gasteiger partial charge on any atom is 0.322 e. The number of ether oxygens (including phenoxy) is 1. The lowest BCUT2D eigenvalue weighted by Crippen LogP contribution is -2.29. The van der Waals surface area contributed by atoms with E-state index < -0.39 is 11.9 Å². The summed E-state index contributed by atoms with van der Waals surface area (Å²) < 4.78 is 5.66. The largest absolute Gasteiger partial charge is 0.490 e. The molecule has 1 amide bonds. The van der Waals surface area contributed by atoms with Gasteiger partial charge in [-0.05, 0) is 43.5 Å². The van der Waals surface area contributed by atoms with E-state index in [1.165, 1.54) is 6.42 Å². The molecule has 5 nitrogen and oxygen atoms in total. The molecule has 1 aromatic carbocycles. The molecule has 0 aromatic heterocycles. The van der Waals surface area contributed by atoms with Gasteiger partial charge in [0.2, 0.25) is 0 Å². The molecule has 2 N–H and O–H groups in total. The van der Waals surface area contributed by atoms with Crippen molar-refractivity contribution in [3.63, 3.8) is 0 Å². The number of carboxylic acid groups (broad SMARTS) is 1. The number of nitrogens with one attached hydrogen (secondary N) is 1. The Balaban J connectivity index is 1.89. The molecule has 0 aliphatic heterocycles. The van der Waals surface area contributed by atoms with Crippen LogP contribution in [0.4, 0.5) is 0 Å². The molecule has 0 unspecified atom stereocenters. The van der Waals surface area contributed by atoms with Crippen LogP contribution in [0.3, 0.4) is 0 Å². The van der Waals surface area contributed by atoms with Gasteiger partial charge in [-0.3, -0.25) is 9.59 Å². The first-order valence-electron chi connectivity index (χ1n) is 5.92. The van der Waals surface area contributed by atoms with E-state index in [1.807, 2.05) is 0 Å². The molecule has 0 saturated heterocycles. The van der Waals surface area contributed by atoms with Crippen LogP contribution in [0.15, 0.2) is 24.3 Å². The van der Waals surface area contributed by atoms with Crippen molar-refractivity contribution in [1.29, 1.82) is 0 Å². The van der Waals surface area contributed by atoms with E-state index in [1.54, 1.807) is 24.3 Å². The van der Waals surface area contributed by atoms with Crippen LogP contribution in [-0.2, 0) is 4.79 Å². The Kier molecular flexibility index (Phi) is 3.82. The number of carbonyl (C=O) groups is 2. The Morgan fingerprint density at radius 1 is 1.28 bits per heavy atom. The van der Waals surface area contributed by atoms with E-state index in [-0.39, 0.29) is 6.54 Å². The van der Waals surface area contributed by atoms with Gasteiger partial charge in [0.05, 0.1) is 6.10 Å². The highest BCUT2D eigenvalue weighted by molar-refractivity contribution is 5.95. The molecular formula is C13H15NO4. The molecule has 0 spiro atoms. The summed E-state index contributed by atoms with van der Waals surface area (Å²) in [7, 11) is 0. The summed E-state index contributed by atoms with van der Waals surface area (Å²) in [4.78, 5) is 21.8. The molecule has 1 aliphatic rings. The van der Waals surface area contributed by atoms with Gasteiger partial charge in [-0.2, -0.15) is 0 Å². The molecule has 0 heterocycles. The molecular weight excluding hydrogens is 234 g/mol. The summed E-state index contributed by atoms with van der Waals surface area (Å²) in [6.45, 7) is -0.376. The second-order valence-electron chi connectivity index (χ2n) is 4.27. The van der Waals surface area contributed by atoms with Crippen molar-refractivity contribution in [3.8, 4) is 5.75 Å². The minimum Gasteiger partial charge on any atom is -0.490 e. The summed E-state index contributed by atoms with van der Waals surface area (Å²) >= 11 is 0. The Labute approximate surface area is 105 Å². The van der Waals surface area contributed by atoms with Gasteiger partial charge in [0.25, 0.3) is 5.91 Å². The molecule has 5 heteroatoms. The Morgan fingerprint density at radius 2 is 1.94 bits per heavy atom. The van der Waals surface area contributed by atoms with Gasteiger partial charge in [0.15, 0.2) is 0 Å². The van der Waals surface area contributed by atoms with Crippen molar-refractivity contribution < 1.29 is 19.4 Å². The zero-order valence-corrected chi connectivity index (χ0v) is 9.89. The van der Waals surface area contributed by atoms with Crippen molar-refractivity contribution in [3.05, 3.63) is 29.8 Å². The topological polar surface area (TPSA) is 75.6 Å². The standard InChI is InChI=1S/C13H15NO4/c15-12(16)8-14-13(17)9-4-6-11(7-5-9)18-10-2-1-3-10/h4-7,10H,1-3,8H2,(H,14,17)(H,15,16). The number of hydrogen-bond donors (Lipinski definition) is 2. The lowest BCUT2D eigenvalue weighted by Gasteiger charge is -2.26. The van der Waals surface area contributed by atoms with Crippen molar-refractivity contribution in [2.75, 3.05) is 6.54 Å². The van der Waals surface area contributed by atoms with Gasteiger partial charge in [-0.15, -0.1) is 0 Å². The summed E-state index contributed by atoms with van der Waals surface area (Å²) in [5, 5.41) is 10.8. The lowest BCUT2D eigenvalue weighted by molar-refractivity contribution is -0.135. The molecule has 1 aromatic rings. The van der Waals surface area contributed by atoms with Crippen molar-refractivity contribution >= 4 is 11.9 Å². The van der Waals surface area contributed by atoms with Crippen LogP contribution in [0.2, 0.25) is 0 Å². The van der Waals surface area contributed by atoms with Crippen LogP contribution in [0.1, 0.15) is 29.6 Å². The Morgan fingerprint density at radius 3 is 2.44 bits per heavy atom. The Hall–Kier alpha value is -2.04. The molecule has 96 valence electrons. The van der Waals surface area contributed by atoms with Crippen LogP contribution >= 0.6 is 0 Å². The zero-order valence-electron chi connectivity index (χ0n) is 9.89. The zero-order chi connectivity index (χ0) is 13.0. The highest BCUT2D eigenvalue weighted by atomic mass is 16.5. The first-order valence-corrected chi connectivity index (χ1v) is 5.92. The van der Waals surface area contributed by atoms with Crippen LogP contribution in [0, 0.1) is 0 Å². The van der Waals surface area contributed by atoms with Crippen molar-refractivity contribution in [2.24, 2.45) is 0 Å². The van der Waals surface area contributed by atoms with Crippen molar-refractivity contribution in [2.45, 2.75) is 25.4 Å². The molecule has 0 radical (unpaired) electrons. The third-order valence-corrected chi connectivity index (χ3v) is 2.87. The quantitative estimate of drug-likeness (QED) is 0.827. The van der Waals surface area contributed by atoms with Gasteiger partial charge in [0, 0.05) is 5.56 Å². The summed E-state index contributed by atoms with van der Waals surface area (Å²) in [6.07, 6.45) is 3.68. The second kappa shape index (κ2) is 5.53. The number of hydrogen-bond acceptors (Lipinski definition) is 3. The van der Waals surface area contributed by atoms with Crippen LogP contribution in [0.25, 0.3) is 0 Å². The highest BCUT2D eigenvalue weighted by Gasteiger charge is 2.19. The van der Waals surface area contributed by atoms with Gasteiger partial charge < -0.3 is 15.2 Å². The number of amides is 1. The van der Waals surface area contributed by atoms with Crippen LogP contribution in [0.5, 0.6) is 5.75 Å². The maximum absolute atomic E-state index is 11.5. The predicted molar refractivity (Wildman–Crippen MR) is 64.7 cm³/mol. The Bertz CT molecular complexity index is 437. The normalized spacial score (nSPS) is 14.7. The number of rotatable bonds is 5. The van der Waals surface area contributed by atoms with E-state index in [0.717, 1.165) is 18.6 Å². The number of carbonyl (C=O) groups excluding carboxylic acids is 1. The van der Waals surface area contributed by atoms with Crippen LogP contribution in [-0.4, -0.2) is 29.6 Å². The number of aliphatic carboxylic acids is 1. The summed E-state index contributed by atoms with van der Waals surface area (Å²) in [6, 6.07) is 6.72. The SMILES string of the molecule is O=C(O)CNC(=O)c1ccc(OC2CCC2)cc1. The molecule has 2 rings (SSSR count). The minimum atomic E-state index is -1.06. The van der Waals surface area contributed by atoms with E-state index in [4.69, 9.17) is 9.84 Å². The van der Waals surface area contributed by atoms with E-state index in [9.17, 15) is 9.59 Å². The van der Waals surface area contributed by atoms with E-state index in [0.29, 0.717) is 11.7 Å². The summed E-state index contributed by atoms with van der Waals surface area (Å²) in [5.74, 6) is -0.713.